The molecule has 0 saturated carbocycles. The highest BCUT2D eigenvalue weighted by molar-refractivity contribution is 6.06. The zero-order chi connectivity index (χ0) is 21.8. The summed E-state index contributed by atoms with van der Waals surface area (Å²) in [5, 5.41) is 5.71. The molecule has 0 spiro atoms. The first-order valence-corrected chi connectivity index (χ1v) is 9.83. The normalized spacial score (nSPS) is 20.4. The van der Waals surface area contributed by atoms with Crippen LogP contribution < -0.4 is 20.3 Å². The van der Waals surface area contributed by atoms with Gasteiger partial charge in [0.05, 0.1) is 14.2 Å². The average Bonchev–Trinajstić information content (AvgIpc) is 2.82. The molecule has 0 aromatic heterocycles. The van der Waals surface area contributed by atoms with Crippen molar-refractivity contribution < 1.29 is 24.0 Å². The molecule has 1 aromatic rings. The lowest BCUT2D eigenvalue weighted by molar-refractivity contribution is -0.879. The second-order valence-corrected chi connectivity index (χ2v) is 8.93. The molecule has 2 atom stereocenters. The van der Waals surface area contributed by atoms with E-state index >= 15 is 0 Å². The van der Waals surface area contributed by atoms with Gasteiger partial charge in [-0.15, -0.1) is 0 Å². The number of benzene rings is 1. The van der Waals surface area contributed by atoms with Gasteiger partial charge in [-0.2, -0.15) is 0 Å². The molecule has 8 nitrogen and oxygen atoms in total. The lowest BCUT2D eigenvalue weighted by Gasteiger charge is -2.24. The van der Waals surface area contributed by atoms with Crippen molar-refractivity contribution in [1.82, 2.24) is 15.5 Å². The first kappa shape index (κ1) is 22.7. The molecule has 29 heavy (non-hydrogen) atoms. The van der Waals surface area contributed by atoms with E-state index in [0.29, 0.717) is 12.8 Å². The zero-order valence-corrected chi connectivity index (χ0v) is 18.2. The monoisotopic (exact) mass is 405 g/mol. The summed E-state index contributed by atoms with van der Waals surface area (Å²) in [6.07, 6.45) is 1.14. The quantitative estimate of drug-likeness (QED) is 0.544. The maximum Gasteiger partial charge on any atom is 0.329 e. The van der Waals surface area contributed by atoms with Crippen molar-refractivity contribution in [2.45, 2.75) is 51.6 Å². The van der Waals surface area contributed by atoms with Crippen molar-refractivity contribution in [2.24, 2.45) is 0 Å². The predicted octanol–water partition coefficient (Wildman–Crippen LogP) is 0.325. The molecule has 1 heterocycles. The summed E-state index contributed by atoms with van der Waals surface area (Å²) in [5.41, 5.74) is -0.211. The van der Waals surface area contributed by atoms with Crippen LogP contribution in [0.5, 0.6) is 5.75 Å². The van der Waals surface area contributed by atoms with Crippen molar-refractivity contribution in [1.29, 1.82) is 0 Å². The molecule has 1 saturated heterocycles. The van der Waals surface area contributed by atoms with Gasteiger partial charge in [0.25, 0.3) is 11.8 Å². The third-order valence-corrected chi connectivity index (χ3v) is 4.82. The van der Waals surface area contributed by atoms with Crippen molar-refractivity contribution in [3.05, 3.63) is 29.8 Å². The van der Waals surface area contributed by atoms with E-state index < -0.39 is 11.6 Å². The number of aryl methyl sites for hydroxylation is 1. The lowest BCUT2D eigenvalue weighted by Crippen LogP contribution is -3.12. The number of rotatable bonds is 8. The van der Waals surface area contributed by atoms with Crippen LogP contribution in [0.15, 0.2) is 24.3 Å². The summed E-state index contributed by atoms with van der Waals surface area (Å²) in [4.78, 5) is 39.4. The maximum absolute atomic E-state index is 12.9. The summed E-state index contributed by atoms with van der Waals surface area (Å²) >= 11 is 0. The molecule has 0 aliphatic carbocycles. The number of methoxy groups -OCH3 is 1. The second kappa shape index (κ2) is 8.82. The number of carbonyl (C=O) groups excluding carboxylic acids is 3. The Bertz CT molecular complexity index is 757. The van der Waals surface area contributed by atoms with Crippen LogP contribution in [0.2, 0.25) is 0 Å². The van der Waals surface area contributed by atoms with Crippen molar-refractivity contribution in [2.75, 3.05) is 27.4 Å². The van der Waals surface area contributed by atoms with Gasteiger partial charge in [-0.05, 0) is 58.2 Å². The van der Waals surface area contributed by atoms with E-state index in [4.69, 9.17) is 4.74 Å². The maximum atomic E-state index is 12.9. The van der Waals surface area contributed by atoms with Gasteiger partial charge in [0.2, 0.25) is 0 Å². The van der Waals surface area contributed by atoms with Crippen LogP contribution in [-0.2, 0) is 16.0 Å². The van der Waals surface area contributed by atoms with Gasteiger partial charge in [0.15, 0.2) is 13.2 Å². The number of amides is 4. The van der Waals surface area contributed by atoms with Crippen LogP contribution >= 0.6 is 0 Å². The van der Waals surface area contributed by atoms with Gasteiger partial charge in [-0.3, -0.25) is 9.59 Å². The minimum atomic E-state index is -0.953. The zero-order valence-electron chi connectivity index (χ0n) is 18.2. The first-order chi connectivity index (χ1) is 13.4. The van der Waals surface area contributed by atoms with Crippen molar-refractivity contribution >= 4 is 17.8 Å². The minimum absolute atomic E-state index is 0.121. The number of carbonyl (C=O) groups is 3. The Morgan fingerprint density at radius 1 is 1.24 bits per heavy atom. The van der Waals surface area contributed by atoms with Gasteiger partial charge >= 0.3 is 6.03 Å². The average molecular weight is 406 g/mol. The van der Waals surface area contributed by atoms with Crippen molar-refractivity contribution in [3.63, 3.8) is 0 Å². The SMILES string of the molecule is COc1ccc(CC[C@@]2(C)NC(=O)N(C[NH+](C)CC(=O)NC(C)(C)C)C2=O)cc1. The standard InChI is InChI=1S/C21H32N4O4/c1-20(2,3)22-17(26)13-24(5)14-25-18(27)21(4,23-19(25)28)12-11-15-7-9-16(29-6)10-8-15/h7-10H,11-14H2,1-6H3,(H,22,26)(H,23,28)/p+1/t21-/m1/s1. The Morgan fingerprint density at radius 3 is 2.41 bits per heavy atom. The largest absolute Gasteiger partial charge is 0.497 e. The number of hydrogen-bond acceptors (Lipinski definition) is 4. The van der Waals surface area contributed by atoms with E-state index in [1.54, 1.807) is 21.1 Å². The number of nitrogens with zero attached hydrogens (tertiary/aromatic N) is 1. The Morgan fingerprint density at radius 2 is 1.86 bits per heavy atom. The molecule has 1 fully saturated rings. The minimum Gasteiger partial charge on any atom is -0.497 e. The van der Waals surface area contributed by atoms with Crippen LogP contribution in [-0.4, -0.2) is 61.2 Å². The lowest BCUT2D eigenvalue weighted by atomic mass is 9.93. The number of urea groups is 1. The topological polar surface area (TPSA) is 92.2 Å². The Hall–Kier alpha value is -2.61. The molecule has 4 amide bonds. The Balaban J connectivity index is 1.94. The second-order valence-electron chi connectivity index (χ2n) is 8.93. The smallest absolute Gasteiger partial charge is 0.329 e. The number of nitrogens with one attached hydrogen (secondary N) is 3. The van der Waals surface area contributed by atoms with Gasteiger partial charge in [-0.25, -0.2) is 9.69 Å². The molecule has 0 radical (unpaired) electrons. The molecule has 3 N–H and O–H groups in total. The molecule has 8 heteroatoms. The molecule has 1 unspecified atom stereocenters. The van der Waals surface area contributed by atoms with Gasteiger partial charge in [-0.1, -0.05) is 12.1 Å². The van der Waals surface area contributed by atoms with Crippen LogP contribution in [0.25, 0.3) is 0 Å². The summed E-state index contributed by atoms with van der Waals surface area (Å²) in [5.74, 6) is 0.397. The Kier molecular flexibility index (Phi) is 6.89. The molecule has 0 bridgehead atoms. The van der Waals surface area contributed by atoms with Crippen LogP contribution in [0.3, 0.4) is 0 Å². The molecule has 160 valence electrons. The highest BCUT2D eigenvalue weighted by Crippen LogP contribution is 2.23. The van der Waals surface area contributed by atoms with E-state index in [9.17, 15) is 14.4 Å². The van der Waals surface area contributed by atoms with Gasteiger partial charge < -0.3 is 20.3 Å². The summed E-state index contributed by atoms with van der Waals surface area (Å²) in [6, 6.07) is 7.24. The third kappa shape index (κ3) is 6.19. The van der Waals surface area contributed by atoms with Gasteiger partial charge in [0.1, 0.15) is 11.3 Å². The van der Waals surface area contributed by atoms with Crippen LogP contribution in [0, 0.1) is 0 Å². The van der Waals surface area contributed by atoms with E-state index in [1.807, 2.05) is 45.0 Å². The summed E-state index contributed by atoms with van der Waals surface area (Å²) < 4.78 is 5.15. The molecule has 1 aliphatic heterocycles. The fraction of sp³-hybridized carbons (Fsp3) is 0.571. The summed E-state index contributed by atoms with van der Waals surface area (Å²) in [7, 11) is 3.40. The molecular weight excluding hydrogens is 372 g/mol. The van der Waals surface area contributed by atoms with E-state index in [1.165, 1.54) is 4.90 Å². The van der Waals surface area contributed by atoms with E-state index in [-0.39, 0.29) is 30.6 Å². The number of ether oxygens (including phenoxy) is 1. The molecule has 1 aromatic carbocycles. The predicted molar refractivity (Wildman–Crippen MR) is 110 cm³/mol. The van der Waals surface area contributed by atoms with Crippen LogP contribution in [0.4, 0.5) is 4.79 Å². The third-order valence-electron chi connectivity index (χ3n) is 4.82. The fourth-order valence-corrected chi connectivity index (χ4v) is 3.31. The van der Waals surface area contributed by atoms with Gasteiger partial charge in [0, 0.05) is 5.54 Å². The first-order valence-electron chi connectivity index (χ1n) is 9.83. The highest BCUT2D eigenvalue weighted by Gasteiger charge is 2.48. The van der Waals surface area contributed by atoms with Crippen LogP contribution in [0.1, 0.15) is 39.7 Å². The van der Waals surface area contributed by atoms with E-state index in [2.05, 4.69) is 10.6 Å². The fourth-order valence-electron chi connectivity index (χ4n) is 3.31. The highest BCUT2D eigenvalue weighted by atomic mass is 16.5. The summed E-state index contributed by atoms with van der Waals surface area (Å²) in [6.45, 7) is 7.79. The van der Waals surface area contributed by atoms with E-state index in [0.717, 1.165) is 16.2 Å². The Labute approximate surface area is 172 Å². The molecule has 2 rings (SSSR count). The molecular formula is C21H33N4O4+. The number of likely N-dealkylation sites (N-methyl/N-ethyl adjacent to an activating group) is 1. The number of imide groups is 1. The number of hydrogen-bond donors (Lipinski definition) is 3. The van der Waals surface area contributed by atoms with Crippen molar-refractivity contribution in [3.8, 4) is 5.75 Å². The number of quaternary nitrogens is 1. The molecule has 1 aliphatic rings.